The molecule has 120 valence electrons. The Morgan fingerprint density at radius 2 is 1.54 bits per heavy atom. The molecule has 5 heteroatoms. The van der Waals surface area contributed by atoms with Crippen LogP contribution < -0.4 is 10.6 Å². The highest BCUT2D eigenvalue weighted by molar-refractivity contribution is 7.98. The molecule has 2 amide bonds. The maximum absolute atomic E-state index is 12.2. The van der Waals surface area contributed by atoms with Crippen LogP contribution in [0.1, 0.15) is 0 Å². The summed E-state index contributed by atoms with van der Waals surface area (Å²) in [5, 5.41) is 7.19. The molecule has 0 aliphatic carbocycles. The number of fused-ring (bicyclic) bond motifs is 1. The Morgan fingerprint density at radius 3 is 2.38 bits per heavy atom. The summed E-state index contributed by atoms with van der Waals surface area (Å²) < 4.78 is 0. The lowest BCUT2D eigenvalue weighted by molar-refractivity contribution is -0.132. The second-order valence-electron chi connectivity index (χ2n) is 5.17. The number of thioether (sulfide) groups is 1. The molecule has 0 radical (unpaired) electrons. The fourth-order valence-electron chi connectivity index (χ4n) is 2.40. The van der Waals surface area contributed by atoms with Crippen molar-refractivity contribution in [1.82, 2.24) is 0 Å². The minimum absolute atomic E-state index is 0.597. The Morgan fingerprint density at radius 1 is 0.833 bits per heavy atom. The number of carbonyl (C=O) groups is 2. The zero-order chi connectivity index (χ0) is 16.9. The molecule has 0 atom stereocenters. The van der Waals surface area contributed by atoms with Crippen molar-refractivity contribution < 1.29 is 9.59 Å². The van der Waals surface area contributed by atoms with Gasteiger partial charge in [-0.05, 0) is 35.9 Å². The first-order valence-corrected chi connectivity index (χ1v) is 8.64. The van der Waals surface area contributed by atoms with Crippen LogP contribution in [0.3, 0.4) is 0 Å². The van der Waals surface area contributed by atoms with E-state index in [4.69, 9.17) is 0 Å². The van der Waals surface area contributed by atoms with Gasteiger partial charge in [-0.1, -0.05) is 42.5 Å². The van der Waals surface area contributed by atoms with E-state index in [-0.39, 0.29) is 0 Å². The molecule has 0 aromatic heterocycles. The van der Waals surface area contributed by atoms with Crippen molar-refractivity contribution in [2.75, 3.05) is 16.9 Å². The molecule has 24 heavy (non-hydrogen) atoms. The molecular weight excluding hydrogens is 320 g/mol. The summed E-state index contributed by atoms with van der Waals surface area (Å²) in [6, 6.07) is 20.6. The molecule has 3 aromatic carbocycles. The highest BCUT2D eigenvalue weighted by Gasteiger charge is 2.15. The summed E-state index contributed by atoms with van der Waals surface area (Å²) in [6.45, 7) is 0. The van der Waals surface area contributed by atoms with Crippen molar-refractivity contribution in [3.8, 4) is 0 Å². The molecule has 3 rings (SSSR count). The van der Waals surface area contributed by atoms with Gasteiger partial charge in [0, 0.05) is 21.7 Å². The van der Waals surface area contributed by atoms with Gasteiger partial charge in [-0.25, -0.2) is 0 Å². The number of benzene rings is 3. The number of rotatable bonds is 3. The molecule has 0 saturated carbocycles. The fraction of sp³-hybridized carbons (Fsp3) is 0.0526. The number of anilines is 2. The summed E-state index contributed by atoms with van der Waals surface area (Å²) >= 11 is 1.57. The first-order valence-electron chi connectivity index (χ1n) is 7.41. The van der Waals surface area contributed by atoms with Gasteiger partial charge in [-0.15, -0.1) is 11.8 Å². The predicted octanol–water partition coefficient (Wildman–Crippen LogP) is 4.14. The van der Waals surface area contributed by atoms with E-state index in [0.717, 1.165) is 15.7 Å². The standard InChI is InChI=1S/C19H16N2O2S/c1-24-15-9-5-8-14(12-15)20-18(22)19(23)21-17-11-4-7-13-6-2-3-10-16(13)17/h2-12H,1H3,(H,20,22)(H,21,23). The molecule has 0 fully saturated rings. The van der Waals surface area contributed by atoms with Gasteiger partial charge >= 0.3 is 11.8 Å². The molecule has 0 unspecified atom stereocenters. The Bertz CT molecular complexity index is 903. The van der Waals surface area contributed by atoms with Gasteiger partial charge in [-0.3, -0.25) is 9.59 Å². The van der Waals surface area contributed by atoms with E-state index in [2.05, 4.69) is 10.6 Å². The monoisotopic (exact) mass is 336 g/mol. The van der Waals surface area contributed by atoms with Crippen molar-refractivity contribution in [3.05, 3.63) is 66.7 Å². The fourth-order valence-corrected chi connectivity index (χ4v) is 2.86. The molecule has 0 spiro atoms. The third kappa shape index (κ3) is 3.58. The van der Waals surface area contributed by atoms with Gasteiger partial charge in [0.25, 0.3) is 0 Å². The van der Waals surface area contributed by atoms with E-state index in [1.165, 1.54) is 0 Å². The third-order valence-corrected chi connectivity index (χ3v) is 4.30. The van der Waals surface area contributed by atoms with Crippen molar-refractivity contribution >= 4 is 45.7 Å². The predicted molar refractivity (Wildman–Crippen MR) is 99.4 cm³/mol. The van der Waals surface area contributed by atoms with Gasteiger partial charge in [0.2, 0.25) is 0 Å². The number of amides is 2. The van der Waals surface area contributed by atoms with E-state index < -0.39 is 11.8 Å². The first kappa shape index (κ1) is 16.1. The van der Waals surface area contributed by atoms with Crippen LogP contribution in [0.15, 0.2) is 71.6 Å². The number of carbonyl (C=O) groups excluding carboxylic acids is 2. The van der Waals surface area contributed by atoms with Gasteiger partial charge in [0.05, 0.1) is 0 Å². The zero-order valence-corrected chi connectivity index (χ0v) is 13.9. The van der Waals surface area contributed by atoms with E-state index in [1.807, 2.05) is 60.9 Å². The second kappa shape index (κ2) is 7.19. The van der Waals surface area contributed by atoms with Gasteiger partial charge in [0.1, 0.15) is 0 Å². The van der Waals surface area contributed by atoms with E-state index in [0.29, 0.717) is 11.4 Å². The maximum Gasteiger partial charge on any atom is 0.314 e. The lowest BCUT2D eigenvalue weighted by atomic mass is 10.1. The van der Waals surface area contributed by atoms with E-state index in [9.17, 15) is 9.59 Å². The van der Waals surface area contributed by atoms with Gasteiger partial charge < -0.3 is 10.6 Å². The average molecular weight is 336 g/mol. The molecule has 0 heterocycles. The molecule has 0 aliphatic rings. The highest BCUT2D eigenvalue weighted by atomic mass is 32.2. The average Bonchev–Trinajstić information content (AvgIpc) is 2.62. The Kier molecular flexibility index (Phi) is 4.82. The summed E-state index contributed by atoms with van der Waals surface area (Å²) in [4.78, 5) is 25.3. The van der Waals surface area contributed by atoms with Crippen LogP contribution >= 0.6 is 11.8 Å². The first-order chi connectivity index (χ1) is 11.7. The van der Waals surface area contributed by atoms with Crippen molar-refractivity contribution in [1.29, 1.82) is 0 Å². The molecule has 0 aliphatic heterocycles. The Labute approximate surface area is 144 Å². The topological polar surface area (TPSA) is 58.2 Å². The molecular formula is C19H16N2O2S. The van der Waals surface area contributed by atoms with Crippen LogP contribution in [-0.2, 0) is 9.59 Å². The van der Waals surface area contributed by atoms with E-state index in [1.54, 1.807) is 23.9 Å². The number of hydrogen-bond donors (Lipinski definition) is 2. The molecule has 0 saturated heterocycles. The van der Waals surface area contributed by atoms with E-state index >= 15 is 0 Å². The third-order valence-electron chi connectivity index (χ3n) is 3.57. The Hall–Kier alpha value is -2.79. The lowest BCUT2D eigenvalue weighted by Gasteiger charge is -2.09. The van der Waals surface area contributed by atoms with Crippen LogP contribution in [0.2, 0.25) is 0 Å². The van der Waals surface area contributed by atoms with Crippen molar-refractivity contribution in [2.45, 2.75) is 4.90 Å². The lowest BCUT2D eigenvalue weighted by Crippen LogP contribution is -2.29. The summed E-state index contributed by atoms with van der Waals surface area (Å²) in [5.41, 5.74) is 1.21. The molecule has 0 bridgehead atoms. The quantitative estimate of drug-likeness (QED) is 0.558. The van der Waals surface area contributed by atoms with Crippen LogP contribution in [0.5, 0.6) is 0 Å². The van der Waals surface area contributed by atoms with Crippen LogP contribution in [0, 0.1) is 0 Å². The highest BCUT2D eigenvalue weighted by Crippen LogP contribution is 2.23. The van der Waals surface area contributed by atoms with Crippen molar-refractivity contribution in [3.63, 3.8) is 0 Å². The largest absolute Gasteiger partial charge is 0.318 e. The smallest absolute Gasteiger partial charge is 0.314 e. The van der Waals surface area contributed by atoms with Gasteiger partial charge in [0.15, 0.2) is 0 Å². The summed E-state index contributed by atoms with van der Waals surface area (Å²) in [5.74, 6) is -1.39. The van der Waals surface area contributed by atoms with Gasteiger partial charge in [-0.2, -0.15) is 0 Å². The maximum atomic E-state index is 12.2. The molecule has 4 nitrogen and oxygen atoms in total. The molecule has 2 N–H and O–H groups in total. The minimum Gasteiger partial charge on any atom is -0.318 e. The van der Waals surface area contributed by atoms with Crippen LogP contribution in [0.4, 0.5) is 11.4 Å². The minimum atomic E-state index is -0.694. The van der Waals surface area contributed by atoms with Crippen molar-refractivity contribution in [2.24, 2.45) is 0 Å². The normalized spacial score (nSPS) is 10.4. The number of nitrogens with one attached hydrogen (secondary N) is 2. The SMILES string of the molecule is CSc1cccc(NC(=O)C(=O)Nc2cccc3ccccc23)c1. The summed E-state index contributed by atoms with van der Waals surface area (Å²) in [7, 11) is 0. The van der Waals surface area contributed by atoms with Crippen LogP contribution in [0.25, 0.3) is 10.8 Å². The zero-order valence-electron chi connectivity index (χ0n) is 13.1. The Balaban J connectivity index is 1.75. The molecule has 3 aromatic rings. The van der Waals surface area contributed by atoms with Crippen LogP contribution in [-0.4, -0.2) is 18.1 Å². The second-order valence-corrected chi connectivity index (χ2v) is 6.05. The summed E-state index contributed by atoms with van der Waals surface area (Å²) in [6.07, 6.45) is 1.95. The number of hydrogen-bond acceptors (Lipinski definition) is 3.